The molecule has 1 aromatic heterocycles. The van der Waals surface area contributed by atoms with Crippen LogP contribution in [0.15, 0.2) is 48.7 Å². The maximum atomic E-state index is 13.8. The zero-order chi connectivity index (χ0) is 13.4. The Balaban J connectivity index is 2.33. The van der Waals surface area contributed by atoms with Crippen molar-refractivity contribution in [2.45, 2.75) is 0 Å². The van der Waals surface area contributed by atoms with Crippen molar-refractivity contribution in [2.24, 2.45) is 5.73 Å². The summed E-state index contributed by atoms with van der Waals surface area (Å²) in [5.74, 6) is -0.836. The summed E-state index contributed by atoms with van der Waals surface area (Å²) in [6, 6.07) is 12.2. The van der Waals surface area contributed by atoms with Crippen LogP contribution in [0.3, 0.4) is 0 Å². The predicted octanol–water partition coefficient (Wildman–Crippen LogP) is 2.45. The van der Waals surface area contributed by atoms with E-state index in [9.17, 15) is 4.39 Å². The minimum absolute atomic E-state index is 0.0661. The predicted molar refractivity (Wildman–Crippen MR) is 72.0 cm³/mol. The van der Waals surface area contributed by atoms with Gasteiger partial charge < -0.3 is 5.73 Å². The van der Waals surface area contributed by atoms with Gasteiger partial charge in [-0.05, 0) is 18.2 Å². The van der Waals surface area contributed by atoms with Gasteiger partial charge in [-0.25, -0.2) is 9.07 Å². The summed E-state index contributed by atoms with van der Waals surface area (Å²) in [6.45, 7) is 0. The molecule has 5 heteroatoms. The second kappa shape index (κ2) is 4.20. The first kappa shape index (κ1) is 11.4. The number of aromatic nitrogens is 2. The standard InChI is InChI=1S/C14H11FN4/c15-10-5-3-7-12(13(10)14(16)17)19-11-6-2-1-4-9(11)8-18-19/h1-8H,(H3,16,17). The third kappa shape index (κ3) is 1.76. The van der Waals surface area contributed by atoms with Gasteiger partial charge in [0.05, 0.1) is 23.0 Å². The van der Waals surface area contributed by atoms with E-state index < -0.39 is 5.82 Å². The smallest absolute Gasteiger partial charge is 0.136 e. The van der Waals surface area contributed by atoms with Crippen LogP contribution in [0.25, 0.3) is 16.6 Å². The van der Waals surface area contributed by atoms with Crippen LogP contribution in [0.1, 0.15) is 5.56 Å². The molecule has 0 atom stereocenters. The maximum absolute atomic E-state index is 13.8. The third-order valence-corrected chi connectivity index (χ3v) is 2.97. The summed E-state index contributed by atoms with van der Waals surface area (Å²) >= 11 is 0. The molecule has 94 valence electrons. The van der Waals surface area contributed by atoms with E-state index in [1.165, 1.54) is 6.07 Å². The molecule has 0 bridgehead atoms. The van der Waals surface area contributed by atoms with Gasteiger partial charge in [0.25, 0.3) is 0 Å². The molecule has 3 aromatic rings. The fourth-order valence-corrected chi connectivity index (χ4v) is 2.12. The van der Waals surface area contributed by atoms with Crippen LogP contribution in [-0.2, 0) is 0 Å². The van der Waals surface area contributed by atoms with Crippen LogP contribution in [0.5, 0.6) is 0 Å². The summed E-state index contributed by atoms with van der Waals surface area (Å²) in [5, 5.41) is 12.7. The van der Waals surface area contributed by atoms with Crippen LogP contribution < -0.4 is 5.73 Å². The van der Waals surface area contributed by atoms with Crippen LogP contribution in [0.4, 0.5) is 4.39 Å². The Hall–Kier alpha value is -2.69. The van der Waals surface area contributed by atoms with E-state index in [4.69, 9.17) is 11.1 Å². The van der Waals surface area contributed by atoms with E-state index in [-0.39, 0.29) is 11.4 Å². The largest absolute Gasteiger partial charge is 0.384 e. The van der Waals surface area contributed by atoms with E-state index in [1.807, 2.05) is 24.3 Å². The van der Waals surface area contributed by atoms with Crippen molar-refractivity contribution in [1.29, 1.82) is 5.41 Å². The van der Waals surface area contributed by atoms with Gasteiger partial charge in [-0.15, -0.1) is 0 Å². The molecule has 0 aliphatic carbocycles. The fourth-order valence-electron chi connectivity index (χ4n) is 2.12. The maximum Gasteiger partial charge on any atom is 0.136 e. The number of rotatable bonds is 2. The number of nitrogens with two attached hydrogens (primary N) is 1. The van der Waals surface area contributed by atoms with E-state index in [0.717, 1.165) is 10.9 Å². The lowest BCUT2D eigenvalue weighted by Crippen LogP contribution is -2.17. The molecule has 4 nitrogen and oxygen atoms in total. The van der Waals surface area contributed by atoms with Crippen LogP contribution >= 0.6 is 0 Å². The summed E-state index contributed by atoms with van der Waals surface area (Å²) < 4.78 is 15.4. The number of hydrogen-bond donors (Lipinski definition) is 2. The Morgan fingerprint density at radius 2 is 1.95 bits per heavy atom. The van der Waals surface area contributed by atoms with Crippen molar-refractivity contribution in [2.75, 3.05) is 0 Å². The molecular formula is C14H11FN4. The number of amidine groups is 1. The van der Waals surface area contributed by atoms with E-state index >= 15 is 0 Å². The van der Waals surface area contributed by atoms with Gasteiger partial charge in [0.15, 0.2) is 0 Å². The molecule has 0 spiro atoms. The highest BCUT2D eigenvalue weighted by atomic mass is 19.1. The van der Waals surface area contributed by atoms with Gasteiger partial charge in [-0.1, -0.05) is 24.3 Å². The highest BCUT2D eigenvalue weighted by Gasteiger charge is 2.14. The summed E-state index contributed by atoms with van der Waals surface area (Å²) in [4.78, 5) is 0. The van der Waals surface area contributed by atoms with Crippen LogP contribution in [0.2, 0.25) is 0 Å². The average molecular weight is 254 g/mol. The van der Waals surface area contributed by atoms with Gasteiger partial charge in [-0.3, -0.25) is 5.41 Å². The van der Waals surface area contributed by atoms with Crippen molar-refractivity contribution in [3.8, 4) is 5.69 Å². The molecule has 0 saturated heterocycles. The normalized spacial score (nSPS) is 10.8. The van der Waals surface area contributed by atoms with Crippen molar-refractivity contribution < 1.29 is 4.39 Å². The van der Waals surface area contributed by atoms with E-state index in [2.05, 4.69) is 5.10 Å². The van der Waals surface area contributed by atoms with E-state index in [1.54, 1.807) is 23.0 Å². The zero-order valence-electron chi connectivity index (χ0n) is 9.97. The molecule has 0 fully saturated rings. The van der Waals surface area contributed by atoms with Gasteiger partial charge in [-0.2, -0.15) is 5.10 Å². The molecule has 19 heavy (non-hydrogen) atoms. The molecule has 3 rings (SSSR count). The molecular weight excluding hydrogens is 243 g/mol. The topological polar surface area (TPSA) is 67.7 Å². The molecule has 0 aliphatic heterocycles. The lowest BCUT2D eigenvalue weighted by molar-refractivity contribution is 0.622. The van der Waals surface area contributed by atoms with Gasteiger partial charge >= 0.3 is 0 Å². The number of benzene rings is 2. The second-order valence-electron chi connectivity index (χ2n) is 4.16. The van der Waals surface area contributed by atoms with Crippen molar-refractivity contribution in [1.82, 2.24) is 9.78 Å². The second-order valence-corrected chi connectivity index (χ2v) is 4.16. The lowest BCUT2D eigenvalue weighted by Gasteiger charge is -2.10. The Bertz CT molecular complexity index is 776. The summed E-state index contributed by atoms with van der Waals surface area (Å²) in [7, 11) is 0. The first-order valence-electron chi connectivity index (χ1n) is 5.74. The van der Waals surface area contributed by atoms with Crippen molar-refractivity contribution in [3.63, 3.8) is 0 Å². The summed E-state index contributed by atoms with van der Waals surface area (Å²) in [6.07, 6.45) is 1.70. The number of para-hydroxylation sites is 1. The Morgan fingerprint density at radius 3 is 2.74 bits per heavy atom. The minimum Gasteiger partial charge on any atom is -0.384 e. The Kier molecular flexibility index (Phi) is 2.52. The zero-order valence-corrected chi connectivity index (χ0v) is 9.97. The Labute approximate surface area is 108 Å². The SMILES string of the molecule is N=C(N)c1c(F)cccc1-n1ncc2ccccc21. The number of fused-ring (bicyclic) bond motifs is 1. The van der Waals surface area contributed by atoms with E-state index in [0.29, 0.717) is 5.69 Å². The molecule has 0 unspecified atom stereocenters. The molecule has 1 heterocycles. The molecule has 2 aromatic carbocycles. The highest BCUT2D eigenvalue weighted by molar-refractivity contribution is 5.99. The fraction of sp³-hybridized carbons (Fsp3) is 0. The number of nitrogens with zero attached hydrogens (tertiary/aromatic N) is 2. The number of hydrogen-bond acceptors (Lipinski definition) is 2. The monoisotopic (exact) mass is 254 g/mol. The van der Waals surface area contributed by atoms with Crippen molar-refractivity contribution in [3.05, 3.63) is 60.0 Å². The Morgan fingerprint density at radius 1 is 1.16 bits per heavy atom. The molecule has 0 saturated carbocycles. The van der Waals surface area contributed by atoms with Gasteiger partial charge in [0.2, 0.25) is 0 Å². The number of halogens is 1. The number of nitrogen functional groups attached to an aromatic ring is 1. The van der Waals surface area contributed by atoms with Crippen molar-refractivity contribution >= 4 is 16.7 Å². The molecule has 0 radical (unpaired) electrons. The minimum atomic E-state index is -0.524. The van der Waals surface area contributed by atoms with Crippen LogP contribution in [0, 0.1) is 11.2 Å². The molecule has 0 amide bonds. The van der Waals surface area contributed by atoms with Gasteiger partial charge in [0, 0.05) is 5.39 Å². The number of nitrogens with one attached hydrogen (secondary N) is 1. The average Bonchev–Trinajstić information content (AvgIpc) is 2.81. The first-order valence-corrected chi connectivity index (χ1v) is 5.74. The quantitative estimate of drug-likeness (QED) is 0.545. The van der Waals surface area contributed by atoms with Crippen LogP contribution in [-0.4, -0.2) is 15.6 Å². The summed E-state index contributed by atoms with van der Waals surface area (Å²) in [5.41, 5.74) is 6.84. The third-order valence-electron chi connectivity index (χ3n) is 2.97. The lowest BCUT2D eigenvalue weighted by atomic mass is 10.1. The highest BCUT2D eigenvalue weighted by Crippen LogP contribution is 2.22. The first-order chi connectivity index (χ1) is 9.18. The molecule has 3 N–H and O–H groups in total. The molecule has 0 aliphatic rings. The van der Waals surface area contributed by atoms with Gasteiger partial charge in [0.1, 0.15) is 11.7 Å².